The predicted molar refractivity (Wildman–Crippen MR) is 76.6 cm³/mol. The van der Waals surface area contributed by atoms with E-state index >= 15 is 0 Å². The summed E-state index contributed by atoms with van der Waals surface area (Å²) in [5.74, 6) is 0.0388. The SMILES string of the molecule is CCOC(=O)CCC1CCCN(C(=O)O)[C@H]1C(C)(C)C. The topological polar surface area (TPSA) is 66.8 Å². The summed E-state index contributed by atoms with van der Waals surface area (Å²) in [6.45, 7) is 8.98. The highest BCUT2D eigenvalue weighted by Gasteiger charge is 2.41. The van der Waals surface area contributed by atoms with Crippen LogP contribution in [-0.4, -0.2) is 41.3 Å². The molecule has 5 heteroatoms. The molecule has 0 spiro atoms. The van der Waals surface area contributed by atoms with E-state index in [1.807, 2.05) is 0 Å². The molecule has 0 aromatic carbocycles. The lowest BCUT2D eigenvalue weighted by atomic mass is 9.72. The van der Waals surface area contributed by atoms with Crippen LogP contribution < -0.4 is 0 Å². The largest absolute Gasteiger partial charge is 0.466 e. The summed E-state index contributed by atoms with van der Waals surface area (Å²) in [5, 5.41) is 9.39. The van der Waals surface area contributed by atoms with Crippen LogP contribution in [0.25, 0.3) is 0 Å². The summed E-state index contributed by atoms with van der Waals surface area (Å²) in [5.41, 5.74) is -0.127. The number of carboxylic acid groups (broad SMARTS) is 1. The first-order chi connectivity index (χ1) is 9.27. The van der Waals surface area contributed by atoms with Gasteiger partial charge < -0.3 is 14.7 Å². The quantitative estimate of drug-likeness (QED) is 0.806. The first kappa shape index (κ1) is 16.8. The summed E-state index contributed by atoms with van der Waals surface area (Å²) in [6.07, 6.45) is 2.06. The monoisotopic (exact) mass is 285 g/mol. The van der Waals surface area contributed by atoms with Gasteiger partial charge in [0.25, 0.3) is 0 Å². The number of nitrogens with zero attached hydrogens (tertiary/aromatic N) is 1. The second-order valence-electron chi connectivity index (χ2n) is 6.53. The molecule has 0 radical (unpaired) electrons. The highest BCUT2D eigenvalue weighted by molar-refractivity contribution is 5.69. The molecule has 2 atom stereocenters. The second kappa shape index (κ2) is 6.95. The Hall–Kier alpha value is -1.26. The van der Waals surface area contributed by atoms with E-state index in [1.165, 1.54) is 0 Å². The van der Waals surface area contributed by atoms with Gasteiger partial charge in [0, 0.05) is 19.0 Å². The van der Waals surface area contributed by atoms with E-state index in [0.717, 1.165) is 12.8 Å². The third-order valence-corrected chi connectivity index (χ3v) is 3.91. The Balaban J connectivity index is 2.75. The van der Waals surface area contributed by atoms with Crippen molar-refractivity contribution in [2.45, 2.75) is 59.4 Å². The number of carbonyl (C=O) groups is 2. The number of likely N-dealkylation sites (tertiary alicyclic amines) is 1. The minimum atomic E-state index is -0.856. The molecule has 1 fully saturated rings. The highest BCUT2D eigenvalue weighted by atomic mass is 16.5. The molecular weight excluding hydrogens is 258 g/mol. The smallest absolute Gasteiger partial charge is 0.407 e. The molecule has 0 aliphatic carbocycles. The van der Waals surface area contributed by atoms with Crippen molar-refractivity contribution < 1.29 is 19.4 Å². The number of rotatable bonds is 4. The normalized spacial score (nSPS) is 23.5. The van der Waals surface area contributed by atoms with Crippen LogP contribution in [0.5, 0.6) is 0 Å². The van der Waals surface area contributed by atoms with Crippen LogP contribution in [0.2, 0.25) is 0 Å². The molecule has 1 unspecified atom stereocenters. The van der Waals surface area contributed by atoms with Crippen molar-refractivity contribution in [1.82, 2.24) is 4.90 Å². The first-order valence-electron chi connectivity index (χ1n) is 7.42. The number of hydrogen-bond donors (Lipinski definition) is 1. The van der Waals surface area contributed by atoms with Crippen LogP contribution in [-0.2, 0) is 9.53 Å². The molecule has 0 aromatic heterocycles. The Kier molecular flexibility index (Phi) is 5.84. The summed E-state index contributed by atoms with van der Waals surface area (Å²) in [6, 6.07) is -0.0387. The molecule has 1 N–H and O–H groups in total. The Morgan fingerprint density at radius 3 is 2.50 bits per heavy atom. The average Bonchev–Trinajstić information content (AvgIpc) is 2.35. The van der Waals surface area contributed by atoms with Gasteiger partial charge in [0.1, 0.15) is 0 Å². The maximum absolute atomic E-state index is 11.5. The molecule has 1 saturated heterocycles. The average molecular weight is 285 g/mol. The fraction of sp³-hybridized carbons (Fsp3) is 0.867. The molecule has 0 bridgehead atoms. The first-order valence-corrected chi connectivity index (χ1v) is 7.42. The minimum Gasteiger partial charge on any atom is -0.466 e. The maximum atomic E-state index is 11.5. The number of hydrogen-bond acceptors (Lipinski definition) is 3. The van der Waals surface area contributed by atoms with Crippen molar-refractivity contribution in [3.05, 3.63) is 0 Å². The Bertz CT molecular complexity index is 348. The maximum Gasteiger partial charge on any atom is 0.407 e. The zero-order valence-corrected chi connectivity index (χ0v) is 13.0. The van der Waals surface area contributed by atoms with Gasteiger partial charge in [0.15, 0.2) is 0 Å². The molecule has 1 amide bonds. The van der Waals surface area contributed by atoms with Gasteiger partial charge in [0.2, 0.25) is 0 Å². The van der Waals surface area contributed by atoms with Gasteiger partial charge >= 0.3 is 12.1 Å². The Morgan fingerprint density at radius 2 is 2.00 bits per heavy atom. The molecule has 116 valence electrons. The van der Waals surface area contributed by atoms with Crippen LogP contribution in [0, 0.1) is 11.3 Å². The minimum absolute atomic E-state index is 0.0387. The Labute approximate surface area is 121 Å². The van der Waals surface area contributed by atoms with E-state index in [0.29, 0.717) is 26.0 Å². The van der Waals surface area contributed by atoms with E-state index in [1.54, 1.807) is 11.8 Å². The van der Waals surface area contributed by atoms with Gasteiger partial charge in [-0.1, -0.05) is 20.8 Å². The zero-order valence-electron chi connectivity index (χ0n) is 13.0. The molecule has 1 aliphatic heterocycles. The van der Waals surface area contributed by atoms with E-state index in [4.69, 9.17) is 4.74 Å². The molecule has 1 heterocycles. The van der Waals surface area contributed by atoms with Crippen LogP contribution >= 0.6 is 0 Å². The number of piperidine rings is 1. The summed E-state index contributed by atoms with van der Waals surface area (Å²) >= 11 is 0. The van der Waals surface area contributed by atoms with E-state index in [2.05, 4.69) is 20.8 Å². The van der Waals surface area contributed by atoms with Crippen molar-refractivity contribution >= 4 is 12.1 Å². The molecular formula is C15H27NO4. The third-order valence-electron chi connectivity index (χ3n) is 3.91. The fourth-order valence-corrected chi connectivity index (χ4v) is 3.30. The van der Waals surface area contributed by atoms with Crippen molar-refractivity contribution in [1.29, 1.82) is 0 Å². The molecule has 0 saturated carbocycles. The second-order valence-corrected chi connectivity index (χ2v) is 6.53. The predicted octanol–water partition coefficient (Wildman–Crippen LogP) is 3.13. The van der Waals surface area contributed by atoms with Crippen LogP contribution in [0.15, 0.2) is 0 Å². The van der Waals surface area contributed by atoms with Gasteiger partial charge in [-0.05, 0) is 37.5 Å². The molecule has 5 nitrogen and oxygen atoms in total. The standard InChI is InChI=1S/C15H27NO4/c1-5-20-12(17)9-8-11-7-6-10-16(14(18)19)13(11)15(2,3)4/h11,13H,5-10H2,1-4H3,(H,18,19)/t11?,13-/m1/s1. The number of amides is 1. The molecule has 1 aliphatic rings. The van der Waals surface area contributed by atoms with Gasteiger partial charge in [-0.25, -0.2) is 4.79 Å². The van der Waals surface area contributed by atoms with E-state index < -0.39 is 6.09 Å². The lowest BCUT2D eigenvalue weighted by Gasteiger charge is -2.47. The number of carbonyl (C=O) groups excluding carboxylic acids is 1. The van der Waals surface area contributed by atoms with Crippen LogP contribution in [0.4, 0.5) is 4.79 Å². The van der Waals surface area contributed by atoms with E-state index in [-0.39, 0.29) is 23.3 Å². The Morgan fingerprint density at radius 1 is 1.35 bits per heavy atom. The van der Waals surface area contributed by atoms with Crippen molar-refractivity contribution in [2.75, 3.05) is 13.2 Å². The van der Waals surface area contributed by atoms with E-state index in [9.17, 15) is 14.7 Å². The number of esters is 1. The molecule has 0 aromatic rings. The van der Waals surface area contributed by atoms with Crippen LogP contribution in [0.3, 0.4) is 0 Å². The zero-order chi connectivity index (χ0) is 15.3. The van der Waals surface area contributed by atoms with Gasteiger partial charge in [-0.3, -0.25) is 4.79 Å². The lowest BCUT2D eigenvalue weighted by molar-refractivity contribution is -0.143. The summed E-state index contributed by atoms with van der Waals surface area (Å²) in [7, 11) is 0. The molecule has 20 heavy (non-hydrogen) atoms. The van der Waals surface area contributed by atoms with Crippen molar-refractivity contribution in [2.24, 2.45) is 11.3 Å². The van der Waals surface area contributed by atoms with Crippen molar-refractivity contribution in [3.8, 4) is 0 Å². The molecule has 1 rings (SSSR count). The number of ether oxygens (including phenoxy) is 1. The summed E-state index contributed by atoms with van der Waals surface area (Å²) < 4.78 is 4.96. The third kappa shape index (κ3) is 4.39. The highest BCUT2D eigenvalue weighted by Crippen LogP contribution is 2.38. The fourth-order valence-electron chi connectivity index (χ4n) is 3.30. The van der Waals surface area contributed by atoms with Gasteiger partial charge in [-0.2, -0.15) is 0 Å². The van der Waals surface area contributed by atoms with Crippen LogP contribution in [0.1, 0.15) is 53.4 Å². The van der Waals surface area contributed by atoms with Gasteiger partial charge in [-0.15, -0.1) is 0 Å². The summed E-state index contributed by atoms with van der Waals surface area (Å²) in [4.78, 5) is 24.5. The van der Waals surface area contributed by atoms with Crippen molar-refractivity contribution in [3.63, 3.8) is 0 Å². The van der Waals surface area contributed by atoms with Gasteiger partial charge in [0.05, 0.1) is 6.61 Å². The lowest BCUT2D eigenvalue weighted by Crippen LogP contribution is -2.54.